The zero-order valence-electron chi connectivity index (χ0n) is 37.9. The maximum atomic E-state index is 13.1. The van der Waals surface area contributed by atoms with Crippen molar-refractivity contribution in [3.05, 3.63) is 12.2 Å². The maximum absolute atomic E-state index is 13.1. The minimum atomic E-state index is -1.66. The van der Waals surface area contributed by atoms with Crippen molar-refractivity contribution in [1.82, 2.24) is 5.32 Å². The van der Waals surface area contributed by atoms with Crippen LogP contribution < -0.4 is 5.32 Å². The molecule has 0 aromatic rings. The lowest BCUT2D eigenvalue weighted by atomic mass is 9.98. The van der Waals surface area contributed by atoms with Gasteiger partial charge in [0.25, 0.3) is 0 Å². The Morgan fingerprint density at radius 2 is 1.05 bits per heavy atom. The number of ether oxygens (including phenoxy) is 2. The van der Waals surface area contributed by atoms with Gasteiger partial charge in [0.2, 0.25) is 5.91 Å². The van der Waals surface area contributed by atoms with Gasteiger partial charge in [-0.1, -0.05) is 187 Å². The first-order valence-electron chi connectivity index (χ1n) is 24.4. The molecule has 0 bridgehead atoms. The molecule has 1 saturated heterocycles. The van der Waals surface area contributed by atoms with Gasteiger partial charge in [-0.2, -0.15) is 0 Å². The van der Waals surface area contributed by atoms with Crippen molar-refractivity contribution in [2.45, 2.75) is 268 Å². The highest BCUT2D eigenvalue weighted by atomic mass is 16.7. The van der Waals surface area contributed by atoms with Crippen molar-refractivity contribution < 1.29 is 50.0 Å². The van der Waals surface area contributed by atoms with Gasteiger partial charge < -0.3 is 50.5 Å². The molecular weight excluding hydrogens is 751 g/mol. The van der Waals surface area contributed by atoms with Crippen LogP contribution in [-0.4, -0.2) is 110 Å². The number of aliphatic hydroxyl groups excluding tert-OH is 7. The largest absolute Gasteiger partial charge is 0.394 e. The summed E-state index contributed by atoms with van der Waals surface area (Å²) in [6.07, 6.45) is 27.0. The van der Waals surface area contributed by atoms with Crippen molar-refractivity contribution in [2.75, 3.05) is 13.2 Å². The average Bonchev–Trinajstić information content (AvgIpc) is 3.22. The lowest BCUT2D eigenvalue weighted by Crippen LogP contribution is -2.60. The Morgan fingerprint density at radius 1 is 0.610 bits per heavy atom. The monoisotopic (exact) mass is 844 g/mol. The average molecular weight is 844 g/mol. The summed E-state index contributed by atoms with van der Waals surface area (Å²) in [5.41, 5.74) is 0. The van der Waals surface area contributed by atoms with Crippen LogP contribution in [0.4, 0.5) is 0 Å². The van der Waals surface area contributed by atoms with E-state index < -0.39 is 74.2 Å². The fourth-order valence-electron chi connectivity index (χ4n) is 7.91. The van der Waals surface area contributed by atoms with Gasteiger partial charge in [0, 0.05) is 0 Å². The molecule has 0 spiro atoms. The summed E-state index contributed by atoms with van der Waals surface area (Å²) in [5.74, 6) is 0.0649. The molecular formula is C48H93NO10. The van der Waals surface area contributed by atoms with E-state index in [1.165, 1.54) is 128 Å². The highest BCUT2D eigenvalue weighted by Crippen LogP contribution is 2.23. The van der Waals surface area contributed by atoms with Gasteiger partial charge in [-0.3, -0.25) is 4.79 Å². The smallest absolute Gasteiger partial charge is 0.249 e. The summed E-state index contributed by atoms with van der Waals surface area (Å²) in [5, 5.41) is 75.7. The Kier molecular flexibility index (Phi) is 35.4. The fraction of sp³-hybridized carbons (Fsp3) is 0.938. The summed E-state index contributed by atoms with van der Waals surface area (Å²) >= 11 is 0. The van der Waals surface area contributed by atoms with E-state index in [1.54, 1.807) is 0 Å². The standard InChI is InChI=1S/C48H93NO10/c1-4-5-6-7-8-9-10-11-12-13-14-15-16-17-18-19-22-26-29-32-35-41(52)47(57)49-39(37-58-48-46(56)45(55)44(54)42(36-50)59-48)43(53)40(51)34-31-28-25-23-20-21-24-27-30-33-38(2)3/h11-12,38-46,48,50-56H,4-10,13-37H2,1-3H3,(H,49,57)/b12-11+/t39-,40+,41+,42+,43-,44+,45-,46+,48+/m0/s1. The second kappa shape index (κ2) is 37.4. The van der Waals surface area contributed by atoms with Crippen molar-refractivity contribution in [2.24, 2.45) is 5.92 Å². The van der Waals surface area contributed by atoms with Crippen molar-refractivity contribution in [1.29, 1.82) is 0 Å². The van der Waals surface area contributed by atoms with Gasteiger partial charge in [0.1, 0.15) is 36.6 Å². The first-order chi connectivity index (χ1) is 28.5. The van der Waals surface area contributed by atoms with Crippen LogP contribution in [0.1, 0.15) is 213 Å². The summed E-state index contributed by atoms with van der Waals surface area (Å²) in [6.45, 7) is 5.73. The zero-order valence-corrected chi connectivity index (χ0v) is 37.9. The Hall–Kier alpha value is -1.15. The number of hydrogen-bond acceptors (Lipinski definition) is 10. The third-order valence-corrected chi connectivity index (χ3v) is 12.0. The van der Waals surface area contributed by atoms with Crippen LogP contribution in [0, 0.1) is 5.92 Å². The maximum Gasteiger partial charge on any atom is 0.249 e. The fourth-order valence-corrected chi connectivity index (χ4v) is 7.91. The van der Waals surface area contributed by atoms with E-state index in [0.717, 1.165) is 44.4 Å². The predicted molar refractivity (Wildman–Crippen MR) is 238 cm³/mol. The first kappa shape index (κ1) is 55.9. The van der Waals surface area contributed by atoms with E-state index in [4.69, 9.17) is 9.47 Å². The predicted octanol–water partition coefficient (Wildman–Crippen LogP) is 8.31. The Morgan fingerprint density at radius 3 is 1.53 bits per heavy atom. The van der Waals surface area contributed by atoms with Crippen LogP contribution >= 0.6 is 0 Å². The van der Waals surface area contributed by atoms with E-state index in [1.807, 2.05) is 0 Å². The Labute approximate surface area is 360 Å². The molecule has 1 amide bonds. The molecule has 1 fully saturated rings. The molecule has 0 radical (unpaired) electrons. The molecule has 11 heteroatoms. The number of rotatable bonds is 40. The van der Waals surface area contributed by atoms with E-state index in [0.29, 0.717) is 19.3 Å². The van der Waals surface area contributed by atoms with Crippen LogP contribution in [0.5, 0.6) is 0 Å². The number of unbranched alkanes of at least 4 members (excludes halogenated alkanes) is 24. The normalized spacial score (nSPS) is 21.9. The van der Waals surface area contributed by atoms with Crippen LogP contribution in [0.15, 0.2) is 12.2 Å². The third kappa shape index (κ3) is 28.2. The van der Waals surface area contributed by atoms with Crippen LogP contribution in [-0.2, 0) is 14.3 Å². The summed E-state index contributed by atoms with van der Waals surface area (Å²) in [4.78, 5) is 13.1. The molecule has 0 aromatic heterocycles. The van der Waals surface area contributed by atoms with Crippen LogP contribution in [0.25, 0.3) is 0 Å². The number of carbonyl (C=O) groups is 1. The van der Waals surface area contributed by atoms with E-state index in [-0.39, 0.29) is 6.42 Å². The van der Waals surface area contributed by atoms with Gasteiger partial charge in [-0.05, 0) is 44.4 Å². The number of carbonyl (C=O) groups excluding carboxylic acids is 1. The summed E-state index contributed by atoms with van der Waals surface area (Å²) in [7, 11) is 0. The Bertz CT molecular complexity index is 983. The molecule has 1 aliphatic rings. The second-order valence-electron chi connectivity index (χ2n) is 18.0. The van der Waals surface area contributed by atoms with Gasteiger partial charge in [-0.25, -0.2) is 0 Å². The molecule has 59 heavy (non-hydrogen) atoms. The van der Waals surface area contributed by atoms with Gasteiger partial charge >= 0.3 is 0 Å². The molecule has 0 saturated carbocycles. The van der Waals surface area contributed by atoms with E-state index >= 15 is 0 Å². The number of allylic oxidation sites excluding steroid dienone is 2. The minimum absolute atomic E-state index is 0.260. The lowest BCUT2D eigenvalue weighted by molar-refractivity contribution is -0.303. The van der Waals surface area contributed by atoms with E-state index in [9.17, 15) is 40.5 Å². The third-order valence-electron chi connectivity index (χ3n) is 12.0. The molecule has 350 valence electrons. The molecule has 11 nitrogen and oxygen atoms in total. The van der Waals surface area contributed by atoms with Gasteiger partial charge in [-0.15, -0.1) is 0 Å². The van der Waals surface area contributed by atoms with Crippen molar-refractivity contribution in [3.63, 3.8) is 0 Å². The molecule has 1 heterocycles. The second-order valence-corrected chi connectivity index (χ2v) is 18.0. The summed E-state index contributed by atoms with van der Waals surface area (Å²) < 4.78 is 11.1. The zero-order chi connectivity index (χ0) is 43.5. The Balaban J connectivity index is 2.39. The molecule has 0 unspecified atom stereocenters. The van der Waals surface area contributed by atoms with Gasteiger partial charge in [0.05, 0.1) is 25.4 Å². The number of amides is 1. The molecule has 1 aliphatic heterocycles. The van der Waals surface area contributed by atoms with Crippen LogP contribution in [0.3, 0.4) is 0 Å². The SMILES string of the molecule is CCCCCCCC/C=C/CCCCCCCCCCCC[C@@H](O)C(=O)N[C@@H](CO[C@@H]1O[C@H](CO)[C@@H](O)[C@H](O)[C@H]1O)[C@H](O)[C@H](O)CCCCCCCCCCCC(C)C. The molecule has 8 N–H and O–H groups in total. The van der Waals surface area contributed by atoms with Crippen LogP contribution in [0.2, 0.25) is 0 Å². The lowest BCUT2D eigenvalue weighted by Gasteiger charge is -2.40. The number of hydrogen-bond donors (Lipinski definition) is 8. The minimum Gasteiger partial charge on any atom is -0.394 e. The van der Waals surface area contributed by atoms with Crippen molar-refractivity contribution >= 4 is 5.91 Å². The topological polar surface area (TPSA) is 189 Å². The highest BCUT2D eigenvalue weighted by Gasteiger charge is 2.44. The molecule has 0 aromatic carbocycles. The highest BCUT2D eigenvalue weighted by molar-refractivity contribution is 5.80. The number of aliphatic hydroxyl groups is 7. The number of nitrogens with one attached hydrogen (secondary N) is 1. The first-order valence-corrected chi connectivity index (χ1v) is 24.4. The quantitative estimate of drug-likeness (QED) is 0.0220. The molecule has 0 aliphatic carbocycles. The van der Waals surface area contributed by atoms with Gasteiger partial charge in [0.15, 0.2) is 6.29 Å². The van der Waals surface area contributed by atoms with Crippen molar-refractivity contribution in [3.8, 4) is 0 Å². The molecule has 9 atom stereocenters. The molecule has 1 rings (SSSR count). The van der Waals surface area contributed by atoms with E-state index in [2.05, 4.69) is 38.2 Å². The summed E-state index contributed by atoms with van der Waals surface area (Å²) in [6, 6.07) is -1.17.